The fourth-order valence-electron chi connectivity index (χ4n) is 2.14. The summed E-state index contributed by atoms with van der Waals surface area (Å²) in [5.41, 5.74) is 0.337. The molecule has 0 atom stereocenters. The van der Waals surface area contributed by atoms with E-state index in [0.717, 1.165) is 12.1 Å². The number of nitro benzene ring substituents is 1. The van der Waals surface area contributed by atoms with E-state index >= 15 is 0 Å². The smallest absolute Gasteiger partial charge is 0.295 e. The first-order chi connectivity index (χ1) is 11.4. The van der Waals surface area contributed by atoms with E-state index in [0.29, 0.717) is 11.4 Å². The van der Waals surface area contributed by atoms with Crippen LogP contribution < -0.4 is 15.0 Å². The predicted molar refractivity (Wildman–Crippen MR) is 87.9 cm³/mol. The first kappa shape index (κ1) is 17.2. The number of carbonyl (C=O) groups is 1. The molecule has 126 valence electrons. The van der Waals surface area contributed by atoms with E-state index in [-0.39, 0.29) is 18.1 Å². The number of rotatable bonds is 6. The van der Waals surface area contributed by atoms with Gasteiger partial charge in [0.15, 0.2) is 0 Å². The quantitative estimate of drug-likeness (QED) is 0.649. The van der Waals surface area contributed by atoms with Gasteiger partial charge >= 0.3 is 0 Å². The maximum absolute atomic E-state index is 13.2. The second kappa shape index (κ2) is 7.40. The molecule has 24 heavy (non-hydrogen) atoms. The summed E-state index contributed by atoms with van der Waals surface area (Å²) in [5.74, 6) is -0.408. The number of ether oxygens (including phenoxy) is 1. The van der Waals surface area contributed by atoms with E-state index < -0.39 is 16.4 Å². The lowest BCUT2D eigenvalue weighted by Gasteiger charge is -2.18. The first-order valence-corrected chi connectivity index (χ1v) is 6.99. The number of nitrogens with zero attached hydrogens (tertiary/aromatic N) is 2. The number of halogens is 1. The van der Waals surface area contributed by atoms with Gasteiger partial charge in [-0.15, -0.1) is 0 Å². The molecule has 7 nitrogen and oxygen atoms in total. The Labute approximate surface area is 137 Å². The van der Waals surface area contributed by atoms with Gasteiger partial charge in [0, 0.05) is 12.7 Å². The minimum atomic E-state index is -0.707. The van der Waals surface area contributed by atoms with E-state index in [1.165, 1.54) is 25.1 Å². The van der Waals surface area contributed by atoms with Gasteiger partial charge in [-0.05, 0) is 36.4 Å². The largest absolute Gasteiger partial charge is 0.497 e. The second-order valence-electron chi connectivity index (χ2n) is 5.02. The van der Waals surface area contributed by atoms with Crippen LogP contribution in [0.3, 0.4) is 0 Å². The van der Waals surface area contributed by atoms with Gasteiger partial charge in [0.2, 0.25) is 5.91 Å². The number of nitro groups is 1. The molecule has 2 aromatic carbocycles. The van der Waals surface area contributed by atoms with Gasteiger partial charge in [-0.25, -0.2) is 4.39 Å². The highest BCUT2D eigenvalue weighted by Gasteiger charge is 2.19. The Kier molecular flexibility index (Phi) is 5.31. The van der Waals surface area contributed by atoms with Gasteiger partial charge in [0.1, 0.15) is 17.3 Å². The Morgan fingerprint density at radius 2 is 1.96 bits per heavy atom. The molecule has 0 aliphatic rings. The third-order valence-electron chi connectivity index (χ3n) is 3.30. The van der Waals surface area contributed by atoms with E-state index in [2.05, 4.69) is 5.32 Å². The zero-order valence-electron chi connectivity index (χ0n) is 13.2. The van der Waals surface area contributed by atoms with Crippen molar-refractivity contribution in [1.82, 2.24) is 0 Å². The molecule has 0 bridgehead atoms. The molecule has 1 amide bonds. The van der Waals surface area contributed by atoms with Crippen LogP contribution in [0.1, 0.15) is 0 Å². The van der Waals surface area contributed by atoms with E-state index in [4.69, 9.17) is 4.74 Å². The van der Waals surface area contributed by atoms with Crippen molar-refractivity contribution >= 4 is 23.0 Å². The third kappa shape index (κ3) is 4.19. The molecular formula is C16H16FN3O4. The number of nitrogens with one attached hydrogen (secondary N) is 1. The highest BCUT2D eigenvalue weighted by molar-refractivity contribution is 5.94. The number of carbonyl (C=O) groups excluding carboxylic acids is 1. The molecule has 0 heterocycles. The van der Waals surface area contributed by atoms with E-state index in [1.54, 1.807) is 24.3 Å². The lowest BCUT2D eigenvalue weighted by atomic mass is 10.2. The molecule has 0 spiro atoms. The van der Waals surface area contributed by atoms with Crippen LogP contribution in [0.15, 0.2) is 42.5 Å². The number of methoxy groups -OCH3 is 1. The monoisotopic (exact) mass is 333 g/mol. The van der Waals surface area contributed by atoms with Gasteiger partial charge in [-0.2, -0.15) is 0 Å². The second-order valence-corrected chi connectivity index (χ2v) is 5.02. The Balaban J connectivity index is 2.07. The van der Waals surface area contributed by atoms with Crippen LogP contribution >= 0.6 is 0 Å². The van der Waals surface area contributed by atoms with Gasteiger partial charge in [0.25, 0.3) is 5.69 Å². The molecule has 0 saturated carbocycles. The number of hydrogen-bond donors (Lipinski definition) is 1. The Morgan fingerprint density at radius 3 is 2.54 bits per heavy atom. The van der Waals surface area contributed by atoms with Gasteiger partial charge < -0.3 is 15.0 Å². The molecule has 8 heteroatoms. The Morgan fingerprint density at radius 1 is 1.29 bits per heavy atom. The van der Waals surface area contributed by atoms with Crippen LogP contribution in [0.5, 0.6) is 5.75 Å². The molecule has 0 unspecified atom stereocenters. The van der Waals surface area contributed by atoms with Crippen LogP contribution in [-0.4, -0.2) is 31.5 Å². The molecule has 2 rings (SSSR count). The van der Waals surface area contributed by atoms with Gasteiger partial charge in [0.05, 0.1) is 24.6 Å². The van der Waals surface area contributed by atoms with Gasteiger partial charge in [-0.1, -0.05) is 0 Å². The molecule has 0 aliphatic heterocycles. The molecule has 0 aromatic heterocycles. The highest BCUT2D eigenvalue weighted by Crippen LogP contribution is 2.27. The maximum atomic E-state index is 13.2. The van der Waals surface area contributed by atoms with Crippen molar-refractivity contribution in [2.24, 2.45) is 0 Å². The van der Waals surface area contributed by atoms with Crippen molar-refractivity contribution in [2.45, 2.75) is 0 Å². The molecule has 1 N–H and O–H groups in total. The fourth-order valence-corrected chi connectivity index (χ4v) is 2.14. The summed E-state index contributed by atoms with van der Waals surface area (Å²) in [5, 5.41) is 13.7. The third-order valence-corrected chi connectivity index (χ3v) is 3.30. The summed E-state index contributed by atoms with van der Waals surface area (Å²) in [6.07, 6.45) is 0. The van der Waals surface area contributed by atoms with Crippen molar-refractivity contribution in [1.29, 1.82) is 0 Å². The molecular weight excluding hydrogens is 317 g/mol. The normalized spacial score (nSPS) is 10.1. The van der Waals surface area contributed by atoms with Crippen molar-refractivity contribution in [3.63, 3.8) is 0 Å². The lowest BCUT2D eigenvalue weighted by molar-refractivity contribution is -0.384. The summed E-state index contributed by atoms with van der Waals surface area (Å²) < 4.78 is 18.2. The van der Waals surface area contributed by atoms with Crippen molar-refractivity contribution < 1.29 is 18.8 Å². The SMILES string of the molecule is COc1ccc(NC(=O)CN(C)c2ccc(F)cc2[N+](=O)[O-])cc1. The number of hydrogen-bond acceptors (Lipinski definition) is 5. The van der Waals surface area contributed by atoms with E-state index in [1.807, 2.05) is 0 Å². The van der Waals surface area contributed by atoms with Crippen molar-refractivity contribution in [2.75, 3.05) is 30.9 Å². The summed E-state index contributed by atoms with van der Waals surface area (Å²) in [4.78, 5) is 23.8. The zero-order chi connectivity index (χ0) is 17.7. The minimum Gasteiger partial charge on any atom is -0.497 e. The van der Waals surface area contributed by atoms with Crippen LogP contribution in [-0.2, 0) is 4.79 Å². The molecule has 0 aliphatic carbocycles. The van der Waals surface area contributed by atoms with Crippen molar-refractivity contribution in [3.8, 4) is 5.75 Å². The maximum Gasteiger partial charge on any atom is 0.295 e. The van der Waals surface area contributed by atoms with E-state index in [9.17, 15) is 19.3 Å². The summed E-state index contributed by atoms with van der Waals surface area (Å²) >= 11 is 0. The average molecular weight is 333 g/mol. The zero-order valence-corrected chi connectivity index (χ0v) is 13.2. The predicted octanol–water partition coefficient (Wildman–Crippen LogP) is 2.82. The molecule has 0 radical (unpaired) electrons. The summed E-state index contributed by atoms with van der Waals surface area (Å²) in [6.45, 7) is -0.126. The van der Waals surface area contributed by atoms with Crippen LogP contribution in [0.4, 0.5) is 21.5 Å². The summed E-state index contributed by atoms with van der Waals surface area (Å²) in [6, 6.07) is 9.96. The number of amides is 1. The molecule has 2 aromatic rings. The molecule has 0 saturated heterocycles. The topological polar surface area (TPSA) is 84.7 Å². The summed E-state index contributed by atoms with van der Waals surface area (Å²) in [7, 11) is 3.06. The van der Waals surface area contributed by atoms with Crippen LogP contribution in [0, 0.1) is 15.9 Å². The highest BCUT2D eigenvalue weighted by atomic mass is 19.1. The first-order valence-electron chi connectivity index (χ1n) is 6.99. The Hall–Kier alpha value is -3.16. The number of benzene rings is 2. The minimum absolute atomic E-state index is 0.126. The molecule has 0 fully saturated rings. The fraction of sp³-hybridized carbons (Fsp3) is 0.188. The standard InChI is InChI=1S/C16H16FN3O4/c1-19(14-8-3-11(17)9-15(14)20(22)23)10-16(21)18-12-4-6-13(24-2)7-5-12/h3-9H,10H2,1-2H3,(H,18,21). The van der Waals surface area contributed by atoms with Crippen LogP contribution in [0.2, 0.25) is 0 Å². The van der Waals surface area contributed by atoms with Crippen molar-refractivity contribution in [3.05, 3.63) is 58.4 Å². The number of anilines is 2. The number of likely N-dealkylation sites (N-methyl/N-ethyl adjacent to an activating group) is 1. The van der Waals surface area contributed by atoms with Gasteiger partial charge in [-0.3, -0.25) is 14.9 Å². The van der Waals surface area contributed by atoms with Crippen LogP contribution in [0.25, 0.3) is 0 Å². The Bertz CT molecular complexity index is 749. The lowest BCUT2D eigenvalue weighted by Crippen LogP contribution is -2.30. The average Bonchev–Trinajstić information content (AvgIpc) is 2.55.